The van der Waals surface area contributed by atoms with Gasteiger partial charge < -0.3 is 34.6 Å². The summed E-state index contributed by atoms with van der Waals surface area (Å²) in [6.07, 6.45) is 0. The molecule has 0 saturated heterocycles. The minimum atomic E-state index is -0.432. The molecule has 0 bridgehead atoms. The largest absolute Gasteiger partial charge is 0.497 e. The molecule has 2 amide bonds. The number of carbonyl (C=O) groups is 2. The molecule has 0 atom stereocenters. The quantitative estimate of drug-likeness (QED) is 0.483. The van der Waals surface area contributed by atoms with Crippen LogP contribution in [0.5, 0.6) is 23.0 Å². The highest BCUT2D eigenvalue weighted by atomic mass is 16.5. The maximum atomic E-state index is 12.6. The van der Waals surface area contributed by atoms with Gasteiger partial charge in [-0.3, -0.25) is 9.59 Å². The highest BCUT2D eigenvalue weighted by molar-refractivity contribution is 6.03. The van der Waals surface area contributed by atoms with Crippen molar-refractivity contribution in [2.45, 2.75) is 6.54 Å². The molecule has 31 heavy (non-hydrogen) atoms. The van der Waals surface area contributed by atoms with Crippen LogP contribution in [0.1, 0.15) is 16.1 Å². The van der Waals surface area contributed by atoms with Crippen LogP contribution in [0.3, 0.4) is 0 Å². The first-order valence-electron chi connectivity index (χ1n) is 9.50. The van der Waals surface area contributed by atoms with E-state index in [-0.39, 0.29) is 18.1 Å². The Balaban J connectivity index is 1.65. The van der Waals surface area contributed by atoms with Gasteiger partial charge in [-0.25, -0.2) is 0 Å². The van der Waals surface area contributed by atoms with Gasteiger partial charge in [-0.2, -0.15) is 0 Å². The van der Waals surface area contributed by atoms with Gasteiger partial charge in [0, 0.05) is 18.0 Å². The second kappa shape index (κ2) is 9.75. The van der Waals surface area contributed by atoms with Crippen LogP contribution in [0.25, 0.3) is 10.9 Å². The van der Waals surface area contributed by atoms with Gasteiger partial charge in [0.2, 0.25) is 5.91 Å². The Morgan fingerprint density at radius 3 is 2.19 bits per heavy atom. The van der Waals surface area contributed by atoms with E-state index in [0.29, 0.717) is 34.7 Å². The monoisotopic (exact) mass is 427 g/mol. The Hall–Kier alpha value is -3.88. The topological polar surface area (TPSA) is 111 Å². The second-order valence-corrected chi connectivity index (χ2v) is 6.59. The van der Waals surface area contributed by atoms with Crippen LogP contribution in [-0.2, 0) is 11.3 Å². The molecule has 0 radical (unpaired) electrons. The van der Waals surface area contributed by atoms with Crippen LogP contribution in [0.15, 0.2) is 36.4 Å². The third kappa shape index (κ3) is 4.82. The number of H-pyrrole nitrogens is 1. The van der Waals surface area contributed by atoms with Crippen LogP contribution in [0.4, 0.5) is 0 Å². The molecule has 9 nitrogen and oxygen atoms in total. The van der Waals surface area contributed by atoms with Crippen LogP contribution >= 0.6 is 0 Å². The van der Waals surface area contributed by atoms with Gasteiger partial charge in [-0.1, -0.05) is 12.1 Å². The van der Waals surface area contributed by atoms with Crippen molar-refractivity contribution >= 4 is 22.7 Å². The molecule has 0 unspecified atom stereocenters. The third-order valence-electron chi connectivity index (χ3n) is 4.74. The van der Waals surface area contributed by atoms with Gasteiger partial charge in [0.25, 0.3) is 5.91 Å². The van der Waals surface area contributed by atoms with E-state index in [9.17, 15) is 9.59 Å². The molecule has 0 saturated carbocycles. The summed E-state index contributed by atoms with van der Waals surface area (Å²) in [6.45, 7) is 0.182. The molecule has 0 aliphatic carbocycles. The van der Waals surface area contributed by atoms with Crippen molar-refractivity contribution in [1.82, 2.24) is 15.6 Å². The number of hydrogen-bond acceptors (Lipinski definition) is 6. The Kier molecular flexibility index (Phi) is 6.86. The number of fused-ring (bicyclic) bond motifs is 1. The Morgan fingerprint density at radius 2 is 1.58 bits per heavy atom. The summed E-state index contributed by atoms with van der Waals surface area (Å²) in [5.74, 6) is 1.45. The van der Waals surface area contributed by atoms with Gasteiger partial charge in [0.05, 0.1) is 40.5 Å². The number of carbonyl (C=O) groups excluding carboxylic acids is 2. The van der Waals surface area contributed by atoms with Crippen LogP contribution < -0.4 is 29.6 Å². The summed E-state index contributed by atoms with van der Waals surface area (Å²) in [5.41, 5.74) is 1.75. The standard InChI is InChI=1S/C22H25N3O6/c1-28-14-7-5-13(6-8-14)11-23-19(26)12-24-22(27)16-9-15-17(29-2)10-18(30-3)21(31-4)20(15)25-16/h5-10,25H,11-12H2,1-4H3,(H,23,26)(H,24,27). The van der Waals surface area contributed by atoms with E-state index < -0.39 is 5.91 Å². The number of aromatic nitrogens is 1. The molecule has 164 valence electrons. The van der Waals surface area contributed by atoms with Gasteiger partial charge >= 0.3 is 0 Å². The predicted molar refractivity (Wildman–Crippen MR) is 115 cm³/mol. The highest BCUT2D eigenvalue weighted by Crippen LogP contribution is 2.41. The number of amides is 2. The first-order valence-corrected chi connectivity index (χ1v) is 9.50. The fourth-order valence-corrected chi connectivity index (χ4v) is 3.12. The lowest BCUT2D eigenvalue weighted by Crippen LogP contribution is -2.36. The molecular formula is C22H25N3O6. The lowest BCUT2D eigenvalue weighted by molar-refractivity contribution is -0.120. The zero-order valence-corrected chi connectivity index (χ0v) is 17.8. The maximum Gasteiger partial charge on any atom is 0.268 e. The summed E-state index contributed by atoms with van der Waals surface area (Å²) in [6, 6.07) is 10.7. The van der Waals surface area contributed by atoms with Crippen molar-refractivity contribution in [3.8, 4) is 23.0 Å². The Labute approximate surface area is 179 Å². The smallest absolute Gasteiger partial charge is 0.268 e. The first-order chi connectivity index (χ1) is 15.0. The summed E-state index contributed by atoms with van der Waals surface area (Å²) >= 11 is 0. The zero-order chi connectivity index (χ0) is 22.4. The first kappa shape index (κ1) is 21.8. The number of methoxy groups -OCH3 is 4. The van der Waals surface area contributed by atoms with Gasteiger partial charge in [0.1, 0.15) is 17.2 Å². The van der Waals surface area contributed by atoms with Crippen LogP contribution in [0, 0.1) is 0 Å². The number of nitrogens with one attached hydrogen (secondary N) is 3. The molecule has 2 aromatic carbocycles. The highest BCUT2D eigenvalue weighted by Gasteiger charge is 2.19. The van der Waals surface area contributed by atoms with E-state index in [4.69, 9.17) is 18.9 Å². The minimum absolute atomic E-state index is 0.165. The number of benzene rings is 2. The summed E-state index contributed by atoms with van der Waals surface area (Å²) in [5, 5.41) is 6.02. The van der Waals surface area contributed by atoms with E-state index in [1.54, 1.807) is 19.2 Å². The van der Waals surface area contributed by atoms with Crippen LogP contribution in [-0.4, -0.2) is 51.8 Å². The van der Waals surface area contributed by atoms with Crippen molar-refractivity contribution in [3.05, 3.63) is 47.7 Å². The normalized spacial score (nSPS) is 10.5. The lowest BCUT2D eigenvalue weighted by Gasteiger charge is -2.11. The summed E-state index contributed by atoms with van der Waals surface area (Å²) < 4.78 is 21.2. The molecule has 3 aromatic rings. The van der Waals surface area contributed by atoms with Gasteiger partial charge in [-0.15, -0.1) is 0 Å². The molecule has 1 aromatic heterocycles. The van der Waals surface area contributed by atoms with Crippen LogP contribution in [0.2, 0.25) is 0 Å². The third-order valence-corrected chi connectivity index (χ3v) is 4.74. The van der Waals surface area contributed by atoms with E-state index >= 15 is 0 Å². The fraction of sp³-hybridized carbons (Fsp3) is 0.273. The number of hydrogen-bond donors (Lipinski definition) is 3. The average molecular weight is 427 g/mol. The molecule has 0 aliphatic heterocycles. The number of aromatic amines is 1. The molecule has 0 spiro atoms. The van der Waals surface area contributed by atoms with E-state index in [1.165, 1.54) is 21.3 Å². The molecule has 1 heterocycles. The SMILES string of the molecule is COc1ccc(CNC(=O)CNC(=O)c2cc3c(OC)cc(OC)c(OC)c3[nH]2)cc1. The van der Waals surface area contributed by atoms with E-state index in [2.05, 4.69) is 15.6 Å². The molecule has 3 rings (SSSR count). The van der Waals surface area contributed by atoms with Gasteiger partial charge in [-0.05, 0) is 23.8 Å². The lowest BCUT2D eigenvalue weighted by atomic mass is 10.2. The maximum absolute atomic E-state index is 12.6. The minimum Gasteiger partial charge on any atom is -0.497 e. The van der Waals surface area contributed by atoms with E-state index in [0.717, 1.165) is 11.3 Å². The average Bonchev–Trinajstić information content (AvgIpc) is 3.25. The predicted octanol–water partition coefficient (Wildman–Crippen LogP) is 2.25. The summed E-state index contributed by atoms with van der Waals surface area (Å²) in [4.78, 5) is 27.7. The van der Waals surface area contributed by atoms with Crippen molar-refractivity contribution in [3.63, 3.8) is 0 Å². The van der Waals surface area contributed by atoms with E-state index in [1.807, 2.05) is 24.3 Å². The number of rotatable bonds is 9. The molecule has 9 heteroatoms. The van der Waals surface area contributed by atoms with Gasteiger partial charge in [0.15, 0.2) is 11.5 Å². The summed E-state index contributed by atoms with van der Waals surface area (Å²) in [7, 11) is 6.15. The van der Waals surface area contributed by atoms with Crippen molar-refractivity contribution in [2.24, 2.45) is 0 Å². The Morgan fingerprint density at radius 1 is 0.871 bits per heavy atom. The van der Waals surface area contributed by atoms with Crippen molar-refractivity contribution in [1.29, 1.82) is 0 Å². The Bertz CT molecular complexity index is 1080. The van der Waals surface area contributed by atoms with Crippen molar-refractivity contribution < 1.29 is 28.5 Å². The number of ether oxygens (including phenoxy) is 4. The van der Waals surface area contributed by atoms with Crippen molar-refractivity contribution in [2.75, 3.05) is 35.0 Å². The molecule has 3 N–H and O–H groups in total. The molecular weight excluding hydrogens is 402 g/mol. The second-order valence-electron chi connectivity index (χ2n) is 6.59. The fourth-order valence-electron chi connectivity index (χ4n) is 3.12. The zero-order valence-electron chi connectivity index (χ0n) is 17.8. The molecule has 0 fully saturated rings. The molecule has 0 aliphatic rings.